The minimum Gasteiger partial charge on any atom is -0.347 e. The van der Waals surface area contributed by atoms with Gasteiger partial charge in [0.15, 0.2) is 11.6 Å². The summed E-state index contributed by atoms with van der Waals surface area (Å²) in [6.07, 6.45) is 12.6. The van der Waals surface area contributed by atoms with Crippen molar-refractivity contribution in [1.82, 2.24) is 0 Å². The van der Waals surface area contributed by atoms with E-state index in [0.29, 0.717) is 12.2 Å². The maximum atomic E-state index is 6.35. The number of rotatable bonds is 6. The van der Waals surface area contributed by atoms with Crippen LogP contribution in [0.15, 0.2) is 0 Å². The Hall–Kier alpha value is -0.120. The van der Waals surface area contributed by atoms with Crippen LogP contribution in [0.25, 0.3) is 0 Å². The molecule has 4 rings (SSSR count). The molecule has 0 N–H and O–H groups in total. The molecule has 0 spiro atoms. The first-order valence-electron chi connectivity index (χ1n) is 7.34. The van der Waals surface area contributed by atoms with Crippen LogP contribution in [0.4, 0.5) is 0 Å². The molecule has 0 aliphatic heterocycles. The van der Waals surface area contributed by atoms with Gasteiger partial charge in [0.05, 0.1) is 12.2 Å². The van der Waals surface area contributed by atoms with Crippen LogP contribution in [-0.2, 0) is 14.2 Å². The Morgan fingerprint density at radius 2 is 1.06 bits per heavy atom. The van der Waals surface area contributed by atoms with E-state index in [1.807, 2.05) is 0 Å². The van der Waals surface area contributed by atoms with Crippen LogP contribution in [0, 0.1) is 0 Å². The van der Waals surface area contributed by atoms with E-state index in [2.05, 4.69) is 0 Å². The Bertz CT molecular complexity index is 269. The molecule has 0 bridgehead atoms. The van der Waals surface area contributed by atoms with Crippen molar-refractivity contribution in [2.24, 2.45) is 0 Å². The Balaban J connectivity index is 1.41. The van der Waals surface area contributed by atoms with Crippen molar-refractivity contribution in [1.29, 1.82) is 0 Å². The predicted octanol–water partition coefficient (Wildman–Crippen LogP) is 3.12. The molecule has 4 aliphatic rings. The van der Waals surface area contributed by atoms with E-state index < -0.39 is 0 Å². The molecule has 0 aromatic carbocycles. The molecule has 4 fully saturated rings. The minimum atomic E-state index is -0.267. The summed E-state index contributed by atoms with van der Waals surface area (Å²) in [6, 6.07) is 0. The highest BCUT2D eigenvalue weighted by molar-refractivity contribution is 4.93. The summed E-state index contributed by atoms with van der Waals surface area (Å²) in [5.41, 5.74) is 0. The first-order chi connectivity index (χ1) is 8.28. The van der Waals surface area contributed by atoms with Gasteiger partial charge in [0.1, 0.15) is 0 Å². The van der Waals surface area contributed by atoms with Crippen molar-refractivity contribution in [3.63, 3.8) is 0 Å². The van der Waals surface area contributed by atoms with Crippen molar-refractivity contribution >= 4 is 0 Å². The summed E-state index contributed by atoms with van der Waals surface area (Å²) in [6.45, 7) is 0. The van der Waals surface area contributed by atoms with Gasteiger partial charge >= 0.3 is 0 Å². The second-order valence-corrected chi connectivity index (χ2v) is 6.26. The summed E-state index contributed by atoms with van der Waals surface area (Å²) in [5, 5.41) is 0. The van der Waals surface area contributed by atoms with Gasteiger partial charge in [-0.1, -0.05) is 0 Å². The van der Waals surface area contributed by atoms with Crippen molar-refractivity contribution in [3.8, 4) is 0 Å². The van der Waals surface area contributed by atoms with Crippen LogP contribution < -0.4 is 0 Å². The Morgan fingerprint density at radius 1 is 0.647 bits per heavy atom. The van der Waals surface area contributed by atoms with Crippen LogP contribution in [0.1, 0.15) is 64.2 Å². The fraction of sp³-hybridized carbons (Fsp3) is 1.00. The maximum Gasteiger partial charge on any atom is 0.172 e. The largest absolute Gasteiger partial charge is 0.347 e. The SMILES string of the molecule is C1CC(OC2CC2)(OC2(OC3CC3)CCC2)C1. The molecule has 0 unspecified atom stereocenters. The topological polar surface area (TPSA) is 27.7 Å². The van der Waals surface area contributed by atoms with Crippen molar-refractivity contribution in [2.45, 2.75) is 88.0 Å². The summed E-state index contributed by atoms with van der Waals surface area (Å²) in [4.78, 5) is 0. The van der Waals surface area contributed by atoms with E-state index >= 15 is 0 Å². The monoisotopic (exact) mass is 238 g/mol. The Kier molecular flexibility index (Phi) is 2.34. The highest BCUT2D eigenvalue weighted by atomic mass is 16.8. The van der Waals surface area contributed by atoms with Gasteiger partial charge in [0, 0.05) is 25.7 Å². The third kappa shape index (κ3) is 2.13. The fourth-order valence-electron chi connectivity index (χ4n) is 2.74. The smallest absolute Gasteiger partial charge is 0.172 e. The van der Waals surface area contributed by atoms with Crippen molar-refractivity contribution in [2.75, 3.05) is 0 Å². The van der Waals surface area contributed by atoms with Gasteiger partial charge < -0.3 is 14.2 Å². The van der Waals surface area contributed by atoms with Gasteiger partial charge in [0.25, 0.3) is 0 Å². The average Bonchev–Trinajstić information content (AvgIpc) is 3.05. The molecule has 0 aromatic rings. The minimum absolute atomic E-state index is 0.267. The normalized spacial score (nSPS) is 33.9. The molecule has 0 saturated heterocycles. The molecule has 3 heteroatoms. The average molecular weight is 238 g/mol. The molecular formula is C14H22O3. The van der Waals surface area contributed by atoms with E-state index in [-0.39, 0.29) is 11.6 Å². The summed E-state index contributed by atoms with van der Waals surface area (Å²) in [5.74, 6) is -0.535. The summed E-state index contributed by atoms with van der Waals surface area (Å²) < 4.78 is 18.6. The van der Waals surface area contributed by atoms with Crippen LogP contribution >= 0.6 is 0 Å². The first kappa shape index (κ1) is 10.8. The van der Waals surface area contributed by atoms with Crippen LogP contribution in [-0.4, -0.2) is 23.8 Å². The molecule has 0 radical (unpaired) electrons. The third-order valence-corrected chi connectivity index (χ3v) is 4.41. The van der Waals surface area contributed by atoms with E-state index in [0.717, 1.165) is 25.7 Å². The van der Waals surface area contributed by atoms with Gasteiger partial charge in [-0.2, -0.15) is 0 Å². The van der Waals surface area contributed by atoms with E-state index in [9.17, 15) is 0 Å². The molecule has 4 saturated carbocycles. The Labute approximate surface area is 103 Å². The van der Waals surface area contributed by atoms with Gasteiger partial charge in [-0.05, 0) is 38.5 Å². The van der Waals surface area contributed by atoms with Crippen molar-refractivity contribution < 1.29 is 14.2 Å². The standard InChI is InChI=1S/C14H22O3/c1-7-13(8-1,15-11-3-4-11)17-14(9-2-10-14)16-12-5-6-12/h11-12H,1-10H2. The van der Waals surface area contributed by atoms with Crippen LogP contribution in [0.2, 0.25) is 0 Å². The zero-order valence-corrected chi connectivity index (χ0v) is 10.5. The highest BCUT2D eigenvalue weighted by Crippen LogP contribution is 2.50. The van der Waals surface area contributed by atoms with Gasteiger partial charge in [0.2, 0.25) is 0 Å². The zero-order valence-electron chi connectivity index (χ0n) is 10.5. The number of hydrogen-bond acceptors (Lipinski definition) is 3. The van der Waals surface area contributed by atoms with E-state index in [4.69, 9.17) is 14.2 Å². The van der Waals surface area contributed by atoms with Gasteiger partial charge in [-0.25, -0.2) is 0 Å². The summed E-state index contributed by atoms with van der Waals surface area (Å²) in [7, 11) is 0. The first-order valence-corrected chi connectivity index (χ1v) is 7.34. The fourth-order valence-corrected chi connectivity index (χ4v) is 2.74. The predicted molar refractivity (Wildman–Crippen MR) is 62.5 cm³/mol. The van der Waals surface area contributed by atoms with E-state index in [1.165, 1.54) is 38.5 Å². The quantitative estimate of drug-likeness (QED) is 0.665. The number of hydrogen-bond donors (Lipinski definition) is 0. The lowest BCUT2D eigenvalue weighted by atomic mass is 9.86. The zero-order chi connectivity index (χ0) is 11.3. The third-order valence-electron chi connectivity index (χ3n) is 4.41. The highest BCUT2D eigenvalue weighted by Gasteiger charge is 2.53. The van der Waals surface area contributed by atoms with Crippen molar-refractivity contribution in [3.05, 3.63) is 0 Å². The molecule has 0 heterocycles. The van der Waals surface area contributed by atoms with Crippen LogP contribution in [0.5, 0.6) is 0 Å². The molecular weight excluding hydrogens is 216 g/mol. The Morgan fingerprint density at radius 3 is 1.29 bits per heavy atom. The van der Waals surface area contributed by atoms with Gasteiger partial charge in [-0.15, -0.1) is 0 Å². The summed E-state index contributed by atoms with van der Waals surface area (Å²) >= 11 is 0. The maximum absolute atomic E-state index is 6.35. The number of ether oxygens (including phenoxy) is 3. The molecule has 17 heavy (non-hydrogen) atoms. The van der Waals surface area contributed by atoms with E-state index in [1.54, 1.807) is 0 Å². The molecule has 3 nitrogen and oxygen atoms in total. The molecule has 96 valence electrons. The molecule has 0 atom stereocenters. The molecule has 4 aliphatic carbocycles. The molecule has 0 amide bonds. The lowest BCUT2D eigenvalue weighted by Crippen LogP contribution is -2.55. The molecule has 0 aromatic heterocycles. The van der Waals surface area contributed by atoms with Crippen LogP contribution in [0.3, 0.4) is 0 Å². The van der Waals surface area contributed by atoms with Gasteiger partial charge in [-0.3, -0.25) is 0 Å². The second kappa shape index (κ2) is 3.69. The lowest BCUT2D eigenvalue weighted by molar-refractivity contribution is -0.406. The second-order valence-electron chi connectivity index (χ2n) is 6.26. The lowest BCUT2D eigenvalue weighted by Gasteiger charge is -2.51.